The zero-order valence-corrected chi connectivity index (χ0v) is 20.0. The van der Waals surface area contributed by atoms with Crippen LogP contribution in [-0.4, -0.2) is 19.2 Å². The molecule has 4 aromatic rings. The van der Waals surface area contributed by atoms with Crippen LogP contribution in [0.15, 0.2) is 90.0 Å². The Morgan fingerprint density at radius 1 is 0.971 bits per heavy atom. The van der Waals surface area contributed by atoms with Crippen LogP contribution in [0.2, 0.25) is 0 Å². The number of sulfone groups is 1. The molecular formula is C29H27NO3S. The lowest BCUT2D eigenvalue weighted by atomic mass is 9.97. The Balaban J connectivity index is 1.25. The van der Waals surface area contributed by atoms with E-state index in [4.69, 9.17) is 0 Å². The first-order valence-electron chi connectivity index (χ1n) is 11.7. The van der Waals surface area contributed by atoms with Gasteiger partial charge in [-0.3, -0.25) is 9.78 Å². The summed E-state index contributed by atoms with van der Waals surface area (Å²) in [5.41, 5.74) is 3.91. The molecule has 1 unspecified atom stereocenters. The average molecular weight is 470 g/mol. The lowest BCUT2D eigenvalue weighted by Crippen LogP contribution is -2.07. The quantitative estimate of drug-likeness (QED) is 0.333. The van der Waals surface area contributed by atoms with E-state index < -0.39 is 9.84 Å². The summed E-state index contributed by atoms with van der Waals surface area (Å²) in [6, 6.07) is 24.9. The first-order chi connectivity index (χ1) is 16.4. The van der Waals surface area contributed by atoms with E-state index in [1.165, 1.54) is 16.3 Å². The molecule has 1 aliphatic carbocycles. The number of aryl methyl sites for hydroxylation is 1. The fourth-order valence-corrected chi connectivity index (χ4v) is 6.02. The number of pyridine rings is 1. The number of carbonyl (C=O) groups is 1. The van der Waals surface area contributed by atoms with Gasteiger partial charge in [0.2, 0.25) is 0 Å². The van der Waals surface area contributed by atoms with Crippen molar-refractivity contribution in [3.8, 4) is 0 Å². The van der Waals surface area contributed by atoms with Crippen molar-refractivity contribution in [3.05, 3.63) is 107 Å². The van der Waals surface area contributed by atoms with Crippen LogP contribution in [0.3, 0.4) is 0 Å². The molecule has 1 heterocycles. The molecule has 1 aromatic heterocycles. The average Bonchev–Trinajstić information content (AvgIpc) is 3.65. The van der Waals surface area contributed by atoms with Gasteiger partial charge in [-0.2, -0.15) is 0 Å². The van der Waals surface area contributed by atoms with Crippen LogP contribution in [0.5, 0.6) is 0 Å². The molecular weight excluding hydrogens is 442 g/mol. The Labute approximate surface area is 200 Å². The van der Waals surface area contributed by atoms with Crippen molar-refractivity contribution in [1.29, 1.82) is 0 Å². The monoisotopic (exact) mass is 469 g/mol. The van der Waals surface area contributed by atoms with Crippen molar-refractivity contribution in [3.63, 3.8) is 0 Å². The van der Waals surface area contributed by atoms with Crippen LogP contribution in [0, 0.1) is 5.92 Å². The first kappa shape index (κ1) is 22.5. The number of rotatable bonds is 8. The normalized spacial score (nSPS) is 17.6. The van der Waals surface area contributed by atoms with Crippen LogP contribution in [0.4, 0.5) is 0 Å². The van der Waals surface area contributed by atoms with E-state index in [-0.39, 0.29) is 28.3 Å². The second kappa shape index (κ2) is 9.15. The van der Waals surface area contributed by atoms with Crippen molar-refractivity contribution >= 4 is 26.4 Å². The molecule has 5 heteroatoms. The molecule has 0 amide bonds. The van der Waals surface area contributed by atoms with Crippen LogP contribution in [-0.2, 0) is 33.2 Å². The summed E-state index contributed by atoms with van der Waals surface area (Å²) < 4.78 is 25.4. The molecule has 1 aliphatic rings. The van der Waals surface area contributed by atoms with Crippen molar-refractivity contribution in [2.24, 2.45) is 5.92 Å². The van der Waals surface area contributed by atoms with Gasteiger partial charge in [0.25, 0.3) is 0 Å². The highest BCUT2D eigenvalue weighted by Crippen LogP contribution is 2.48. The predicted molar refractivity (Wildman–Crippen MR) is 134 cm³/mol. The Morgan fingerprint density at radius 2 is 1.79 bits per heavy atom. The highest BCUT2D eigenvalue weighted by atomic mass is 32.2. The van der Waals surface area contributed by atoms with Crippen LogP contribution < -0.4 is 0 Å². The molecule has 3 aromatic carbocycles. The van der Waals surface area contributed by atoms with Crippen molar-refractivity contribution in [1.82, 2.24) is 4.98 Å². The van der Waals surface area contributed by atoms with Crippen LogP contribution in [0.1, 0.15) is 41.6 Å². The summed E-state index contributed by atoms with van der Waals surface area (Å²) in [6.07, 6.45) is 3.82. The van der Waals surface area contributed by atoms with Gasteiger partial charge in [-0.1, -0.05) is 61.5 Å². The molecule has 0 aliphatic heterocycles. The van der Waals surface area contributed by atoms with Gasteiger partial charge in [-0.05, 0) is 70.5 Å². The summed E-state index contributed by atoms with van der Waals surface area (Å²) in [5.74, 6) is 0.313. The molecule has 172 valence electrons. The lowest BCUT2D eigenvalue weighted by molar-refractivity contribution is -0.119. The minimum Gasteiger partial charge on any atom is -0.299 e. The van der Waals surface area contributed by atoms with Gasteiger partial charge in [-0.15, -0.1) is 0 Å². The van der Waals surface area contributed by atoms with E-state index in [2.05, 4.69) is 48.3 Å². The third-order valence-corrected chi connectivity index (χ3v) is 8.40. The number of nitrogens with zero attached hydrogens (tertiary/aromatic N) is 1. The first-order valence-corrected chi connectivity index (χ1v) is 13.4. The number of fused-ring (bicyclic) bond motifs is 1. The fraction of sp³-hybridized carbons (Fsp3) is 0.241. The molecule has 0 spiro atoms. The predicted octanol–water partition coefficient (Wildman–Crippen LogP) is 5.69. The van der Waals surface area contributed by atoms with Crippen molar-refractivity contribution < 1.29 is 13.2 Å². The zero-order valence-electron chi connectivity index (χ0n) is 19.1. The Kier molecular flexibility index (Phi) is 6.05. The Morgan fingerprint density at radius 3 is 2.53 bits per heavy atom. The van der Waals surface area contributed by atoms with Crippen molar-refractivity contribution in [2.75, 3.05) is 0 Å². The molecule has 34 heavy (non-hydrogen) atoms. The number of Topliss-reactive ketones (excluding diaryl/α,β-unsaturated/α-hetero) is 1. The smallest absolute Gasteiger partial charge is 0.184 e. The summed E-state index contributed by atoms with van der Waals surface area (Å²) in [4.78, 5) is 17.4. The molecule has 0 radical (unpaired) electrons. The van der Waals surface area contributed by atoms with Gasteiger partial charge in [0.05, 0.1) is 16.3 Å². The van der Waals surface area contributed by atoms with Gasteiger partial charge in [0.15, 0.2) is 9.84 Å². The van der Waals surface area contributed by atoms with Gasteiger partial charge in [0.1, 0.15) is 5.78 Å². The number of benzene rings is 3. The van der Waals surface area contributed by atoms with E-state index in [0.29, 0.717) is 12.1 Å². The minimum absolute atomic E-state index is 0.00749. The van der Waals surface area contributed by atoms with Gasteiger partial charge >= 0.3 is 0 Å². The van der Waals surface area contributed by atoms with Gasteiger partial charge < -0.3 is 0 Å². The zero-order chi connectivity index (χ0) is 23.7. The van der Waals surface area contributed by atoms with E-state index in [0.717, 1.165) is 24.0 Å². The maximum Gasteiger partial charge on any atom is 0.184 e. The molecule has 1 fully saturated rings. The third kappa shape index (κ3) is 4.66. The SMILES string of the molecule is CCc1cccc2ccc(CC(=O)[C@@H]3CC3c3ccc(S(=O)(=O)Cc4ccccn4)cc3)cc12. The summed E-state index contributed by atoms with van der Waals surface area (Å²) in [6.45, 7) is 2.15. The third-order valence-electron chi connectivity index (χ3n) is 6.73. The molecule has 5 rings (SSSR count). The molecule has 0 bridgehead atoms. The van der Waals surface area contributed by atoms with Crippen LogP contribution in [0.25, 0.3) is 10.8 Å². The maximum absolute atomic E-state index is 13.0. The number of ketones is 1. The fourth-order valence-electron chi connectivity index (χ4n) is 4.74. The minimum atomic E-state index is -3.46. The largest absolute Gasteiger partial charge is 0.299 e. The molecule has 0 N–H and O–H groups in total. The second-order valence-electron chi connectivity index (χ2n) is 9.07. The highest BCUT2D eigenvalue weighted by molar-refractivity contribution is 7.90. The Bertz CT molecular complexity index is 1440. The summed E-state index contributed by atoms with van der Waals surface area (Å²) in [5, 5.41) is 2.43. The van der Waals surface area contributed by atoms with Gasteiger partial charge in [0, 0.05) is 18.5 Å². The number of carbonyl (C=O) groups excluding carboxylic acids is 1. The highest BCUT2D eigenvalue weighted by Gasteiger charge is 2.43. The van der Waals surface area contributed by atoms with E-state index in [9.17, 15) is 13.2 Å². The van der Waals surface area contributed by atoms with Crippen LogP contribution >= 0.6 is 0 Å². The number of aromatic nitrogens is 1. The topological polar surface area (TPSA) is 64.1 Å². The molecule has 1 saturated carbocycles. The van der Waals surface area contributed by atoms with Gasteiger partial charge in [-0.25, -0.2) is 8.42 Å². The molecule has 4 nitrogen and oxygen atoms in total. The number of hydrogen-bond donors (Lipinski definition) is 0. The van der Waals surface area contributed by atoms with E-state index >= 15 is 0 Å². The summed E-state index contributed by atoms with van der Waals surface area (Å²) >= 11 is 0. The molecule has 0 saturated heterocycles. The number of hydrogen-bond acceptors (Lipinski definition) is 4. The van der Waals surface area contributed by atoms with E-state index in [1.54, 1.807) is 36.5 Å². The maximum atomic E-state index is 13.0. The molecule has 2 atom stereocenters. The summed E-state index contributed by atoms with van der Waals surface area (Å²) in [7, 11) is -3.46. The van der Waals surface area contributed by atoms with Crippen molar-refractivity contribution in [2.45, 2.75) is 42.8 Å². The lowest BCUT2D eigenvalue weighted by Gasteiger charge is -2.08. The Hall–Kier alpha value is -3.31. The standard InChI is InChI=1S/C29H27NO3S/c1-2-21-6-5-7-22-10-9-20(16-26(21)22)17-29(31)28-18-27(28)23-11-13-25(14-12-23)34(32,33)19-24-8-3-4-15-30-24/h3-16,27-28H,2,17-19H2,1H3/t27?,28-/m1/s1. The second-order valence-corrected chi connectivity index (χ2v) is 11.1. The van der Waals surface area contributed by atoms with E-state index in [1.807, 2.05) is 12.1 Å².